The van der Waals surface area contributed by atoms with Gasteiger partial charge in [0.25, 0.3) is 0 Å². The molecule has 0 saturated carbocycles. The van der Waals surface area contributed by atoms with Crippen LogP contribution in [0.3, 0.4) is 0 Å². The third kappa shape index (κ3) is 13.3. The smallest absolute Gasteiger partial charge is 0.408 e. The van der Waals surface area contributed by atoms with Gasteiger partial charge < -0.3 is 35.8 Å². The van der Waals surface area contributed by atoms with E-state index in [1.165, 1.54) is 0 Å². The zero-order valence-corrected chi connectivity index (χ0v) is 31.1. The van der Waals surface area contributed by atoms with Gasteiger partial charge in [-0.1, -0.05) is 88.4 Å². The Morgan fingerprint density at radius 1 is 0.537 bits per heavy atom. The highest BCUT2D eigenvalue weighted by Crippen LogP contribution is 2.16. The van der Waals surface area contributed by atoms with E-state index in [1.807, 2.05) is 60.7 Å². The molecule has 0 aliphatic carbocycles. The molecule has 2 aromatic heterocycles. The summed E-state index contributed by atoms with van der Waals surface area (Å²) in [6.07, 6.45) is 3.90. The van der Waals surface area contributed by atoms with Crippen LogP contribution >= 0.6 is 0 Å². The van der Waals surface area contributed by atoms with Gasteiger partial charge in [0.15, 0.2) is 0 Å². The van der Waals surface area contributed by atoms with E-state index in [-0.39, 0.29) is 37.9 Å². The van der Waals surface area contributed by atoms with E-state index in [9.17, 15) is 24.3 Å². The van der Waals surface area contributed by atoms with Gasteiger partial charge in [-0.3, -0.25) is 19.6 Å². The monoisotopic (exact) mass is 738 g/mol. The van der Waals surface area contributed by atoms with Crippen LogP contribution in [0.1, 0.15) is 49.9 Å². The highest BCUT2D eigenvalue weighted by Gasteiger charge is 2.35. The summed E-state index contributed by atoms with van der Waals surface area (Å²) in [6, 6.07) is 21.7. The number of aliphatic hydroxyl groups excluding tert-OH is 1. The average Bonchev–Trinajstić information content (AvgIpc) is 3.17. The number of nitrogens with zero attached hydrogens (tertiary/aromatic N) is 2. The first kappa shape index (κ1) is 40.9. The number of carbonyl (C=O) groups is 4. The summed E-state index contributed by atoms with van der Waals surface area (Å²) in [5.41, 5.74) is 3.13. The van der Waals surface area contributed by atoms with E-state index >= 15 is 0 Å². The topological polar surface area (TPSA) is 181 Å². The standard InChI is InChI=1S/C41H50N6O7/c1-27(2)35(46-40(51)53-25-31-15-19-42-20-16-31)38(49)44-33(23-29-11-7-5-8-12-29)37(48)34(24-30-13-9-6-10-14-30)45-39(50)36(28(3)4)47-41(52)54-26-32-17-21-43-22-18-32/h5-22,27-28,33-37,48H,23-26H2,1-4H3,(H,44,49)(H,45,50)(H,46,51)(H,47,52)/t33-,34-,35-,36-/m0/s1. The molecule has 13 heteroatoms. The van der Waals surface area contributed by atoms with Crippen molar-refractivity contribution in [2.24, 2.45) is 11.8 Å². The van der Waals surface area contributed by atoms with Crippen LogP contribution in [-0.4, -0.2) is 69.3 Å². The number of hydrogen-bond donors (Lipinski definition) is 5. The lowest BCUT2D eigenvalue weighted by molar-refractivity contribution is -0.126. The Kier molecular flexibility index (Phi) is 15.9. The number of rotatable bonds is 18. The molecule has 4 amide bonds. The summed E-state index contributed by atoms with van der Waals surface area (Å²) in [5, 5.41) is 23.4. The van der Waals surface area contributed by atoms with E-state index in [4.69, 9.17) is 9.47 Å². The predicted molar refractivity (Wildman–Crippen MR) is 203 cm³/mol. The fourth-order valence-corrected chi connectivity index (χ4v) is 5.74. The molecular formula is C41H50N6O7. The van der Waals surface area contributed by atoms with Gasteiger partial charge in [0, 0.05) is 24.8 Å². The van der Waals surface area contributed by atoms with Gasteiger partial charge >= 0.3 is 12.2 Å². The van der Waals surface area contributed by atoms with Crippen LogP contribution < -0.4 is 21.3 Å². The SMILES string of the molecule is CC(C)[C@H](NC(=O)OCc1ccncc1)C(=O)N[C@@H](Cc1ccccc1)C(O)[C@H](Cc1ccccc1)NC(=O)[C@@H](NC(=O)OCc1ccncc1)C(C)C. The van der Waals surface area contributed by atoms with Crippen LogP contribution in [0.4, 0.5) is 9.59 Å². The summed E-state index contributed by atoms with van der Waals surface area (Å²) in [5.74, 6) is -1.75. The molecule has 0 aliphatic rings. The molecule has 2 aromatic carbocycles. The van der Waals surface area contributed by atoms with E-state index < -0.39 is 54.3 Å². The first-order valence-electron chi connectivity index (χ1n) is 18.0. The molecule has 286 valence electrons. The molecule has 4 atom stereocenters. The number of amides is 4. The second-order valence-electron chi connectivity index (χ2n) is 13.7. The van der Waals surface area contributed by atoms with E-state index in [1.54, 1.807) is 76.7 Å². The molecule has 4 aromatic rings. The molecule has 0 aliphatic heterocycles. The van der Waals surface area contributed by atoms with Crippen molar-refractivity contribution in [3.63, 3.8) is 0 Å². The minimum atomic E-state index is -1.32. The summed E-state index contributed by atoms with van der Waals surface area (Å²) < 4.78 is 10.7. The lowest BCUT2D eigenvalue weighted by Gasteiger charge is -2.34. The molecule has 13 nitrogen and oxygen atoms in total. The van der Waals surface area contributed by atoms with Gasteiger partial charge in [0.05, 0.1) is 18.2 Å². The summed E-state index contributed by atoms with van der Waals surface area (Å²) in [6.45, 7) is 7.13. The van der Waals surface area contributed by atoms with Gasteiger partial charge in [-0.25, -0.2) is 9.59 Å². The van der Waals surface area contributed by atoms with Crippen molar-refractivity contribution < 1.29 is 33.8 Å². The van der Waals surface area contributed by atoms with Crippen molar-refractivity contribution in [3.8, 4) is 0 Å². The van der Waals surface area contributed by atoms with Gasteiger partial charge in [0.2, 0.25) is 11.8 Å². The molecule has 0 spiro atoms. The zero-order valence-electron chi connectivity index (χ0n) is 31.1. The fourth-order valence-electron chi connectivity index (χ4n) is 5.74. The van der Waals surface area contributed by atoms with Gasteiger partial charge in [-0.2, -0.15) is 0 Å². The van der Waals surface area contributed by atoms with Gasteiger partial charge in [-0.15, -0.1) is 0 Å². The predicted octanol–water partition coefficient (Wildman–Crippen LogP) is 4.49. The van der Waals surface area contributed by atoms with Crippen LogP contribution in [0.2, 0.25) is 0 Å². The largest absolute Gasteiger partial charge is 0.445 e. The lowest BCUT2D eigenvalue weighted by Crippen LogP contribution is -2.61. The van der Waals surface area contributed by atoms with Crippen molar-refractivity contribution in [1.82, 2.24) is 31.2 Å². The summed E-state index contributed by atoms with van der Waals surface area (Å²) in [7, 11) is 0. The third-order valence-corrected chi connectivity index (χ3v) is 8.76. The number of carbonyl (C=O) groups excluding carboxylic acids is 4. The lowest BCUT2D eigenvalue weighted by atomic mass is 9.91. The van der Waals surface area contributed by atoms with E-state index in [2.05, 4.69) is 31.2 Å². The van der Waals surface area contributed by atoms with Gasteiger partial charge in [-0.05, 0) is 71.2 Å². The van der Waals surface area contributed by atoms with Crippen LogP contribution in [-0.2, 0) is 45.1 Å². The molecule has 4 rings (SSSR count). The molecule has 0 saturated heterocycles. The second kappa shape index (κ2) is 21.0. The molecule has 0 unspecified atom stereocenters. The van der Waals surface area contributed by atoms with E-state index in [0.717, 1.165) is 22.3 Å². The first-order valence-corrected chi connectivity index (χ1v) is 18.0. The van der Waals surface area contributed by atoms with Crippen LogP contribution in [0, 0.1) is 11.8 Å². The van der Waals surface area contributed by atoms with Crippen LogP contribution in [0.5, 0.6) is 0 Å². The third-order valence-electron chi connectivity index (χ3n) is 8.76. The number of alkyl carbamates (subject to hydrolysis) is 2. The Hall–Kier alpha value is -5.82. The highest BCUT2D eigenvalue weighted by atomic mass is 16.6. The Balaban J connectivity index is 1.54. The molecule has 0 radical (unpaired) electrons. The maximum Gasteiger partial charge on any atom is 0.408 e. The average molecular weight is 739 g/mol. The van der Waals surface area contributed by atoms with Crippen molar-refractivity contribution in [2.75, 3.05) is 0 Å². The minimum absolute atomic E-state index is 0.00825. The van der Waals surface area contributed by atoms with Crippen molar-refractivity contribution in [3.05, 3.63) is 132 Å². The van der Waals surface area contributed by atoms with Crippen LogP contribution in [0.15, 0.2) is 110 Å². The first-order chi connectivity index (χ1) is 26.0. The molecule has 0 fully saturated rings. The van der Waals surface area contributed by atoms with Gasteiger partial charge in [0.1, 0.15) is 25.3 Å². The van der Waals surface area contributed by atoms with Crippen molar-refractivity contribution in [2.45, 2.75) is 84.0 Å². The number of pyridine rings is 2. The van der Waals surface area contributed by atoms with Crippen molar-refractivity contribution in [1.29, 1.82) is 0 Å². The quantitative estimate of drug-likeness (QED) is 0.0983. The summed E-state index contributed by atoms with van der Waals surface area (Å²) >= 11 is 0. The molecular weight excluding hydrogens is 688 g/mol. The number of aliphatic hydroxyl groups is 1. The normalized spacial score (nSPS) is 13.3. The number of hydrogen-bond acceptors (Lipinski definition) is 9. The maximum absolute atomic E-state index is 13.9. The number of benzene rings is 2. The highest BCUT2D eigenvalue weighted by molar-refractivity contribution is 5.87. The second-order valence-corrected chi connectivity index (χ2v) is 13.7. The molecule has 54 heavy (non-hydrogen) atoms. The van der Waals surface area contributed by atoms with Crippen molar-refractivity contribution >= 4 is 24.0 Å². The summed E-state index contributed by atoms with van der Waals surface area (Å²) in [4.78, 5) is 61.4. The Bertz CT molecular complexity index is 1620. The number of aromatic nitrogens is 2. The minimum Gasteiger partial charge on any atom is -0.445 e. The zero-order chi connectivity index (χ0) is 38.9. The fraction of sp³-hybridized carbons (Fsp3) is 0.366. The number of nitrogens with one attached hydrogen (secondary N) is 4. The van der Waals surface area contributed by atoms with Crippen LogP contribution in [0.25, 0.3) is 0 Å². The maximum atomic E-state index is 13.9. The number of ether oxygens (including phenoxy) is 2. The Morgan fingerprint density at radius 2 is 0.889 bits per heavy atom. The van der Waals surface area contributed by atoms with E-state index in [0.29, 0.717) is 0 Å². The molecule has 2 heterocycles. The Morgan fingerprint density at radius 3 is 1.22 bits per heavy atom. The Labute approximate surface area is 316 Å². The molecule has 0 bridgehead atoms. The molecule has 5 N–H and O–H groups in total.